The summed E-state index contributed by atoms with van der Waals surface area (Å²) in [6, 6.07) is 10.8. The van der Waals surface area contributed by atoms with Crippen molar-refractivity contribution in [2.75, 3.05) is 24.5 Å². The molecule has 1 aromatic carbocycles. The Morgan fingerprint density at radius 1 is 1.35 bits per heavy atom. The third kappa shape index (κ3) is 1.89. The molecule has 2 heterocycles. The lowest BCUT2D eigenvalue weighted by molar-refractivity contribution is 0.385. The molecule has 3 rings (SSSR count). The van der Waals surface area contributed by atoms with Crippen molar-refractivity contribution >= 4 is 5.69 Å². The molecule has 2 fully saturated rings. The zero-order valence-corrected chi connectivity index (χ0v) is 9.89. The average molecular weight is 227 g/mol. The van der Waals surface area contributed by atoms with Gasteiger partial charge in [-0.1, -0.05) is 6.07 Å². The Kier molecular flexibility index (Phi) is 2.74. The molecule has 0 spiro atoms. The molecule has 2 aliphatic heterocycles. The van der Waals surface area contributed by atoms with E-state index < -0.39 is 0 Å². The fraction of sp³-hybridized carbons (Fsp3) is 0.500. The van der Waals surface area contributed by atoms with E-state index in [9.17, 15) is 0 Å². The normalized spacial score (nSPS) is 27.6. The standard InChI is InChI=1S/C14H17N3/c15-8-11-3-1-5-13(7-11)17-6-2-4-12-9-16-10-14(12)17/h1,3,5,7,12,14,16H,2,4,6,9-10H2. The molecular weight excluding hydrogens is 210 g/mol. The van der Waals surface area contributed by atoms with Crippen LogP contribution in [0.1, 0.15) is 18.4 Å². The summed E-state index contributed by atoms with van der Waals surface area (Å²) in [6.07, 6.45) is 2.60. The summed E-state index contributed by atoms with van der Waals surface area (Å²) in [4.78, 5) is 2.48. The zero-order valence-electron chi connectivity index (χ0n) is 9.89. The maximum atomic E-state index is 8.97. The number of benzene rings is 1. The molecule has 0 aliphatic carbocycles. The lowest BCUT2D eigenvalue weighted by Gasteiger charge is -2.38. The maximum absolute atomic E-state index is 8.97. The van der Waals surface area contributed by atoms with Gasteiger partial charge in [-0.15, -0.1) is 0 Å². The van der Waals surface area contributed by atoms with Gasteiger partial charge in [0.2, 0.25) is 0 Å². The van der Waals surface area contributed by atoms with E-state index in [0.29, 0.717) is 6.04 Å². The Morgan fingerprint density at radius 3 is 3.18 bits per heavy atom. The number of rotatable bonds is 1. The number of hydrogen-bond donors (Lipinski definition) is 1. The molecule has 0 bridgehead atoms. The molecule has 2 atom stereocenters. The first kappa shape index (κ1) is 10.6. The van der Waals surface area contributed by atoms with Crippen molar-refractivity contribution in [3.8, 4) is 6.07 Å². The Hall–Kier alpha value is -1.53. The summed E-state index contributed by atoms with van der Waals surface area (Å²) in [5, 5.41) is 12.5. The van der Waals surface area contributed by atoms with E-state index >= 15 is 0 Å². The second-order valence-electron chi connectivity index (χ2n) is 4.98. The van der Waals surface area contributed by atoms with Crippen molar-refractivity contribution in [1.29, 1.82) is 5.26 Å². The topological polar surface area (TPSA) is 39.1 Å². The maximum Gasteiger partial charge on any atom is 0.0992 e. The minimum Gasteiger partial charge on any atom is -0.367 e. The van der Waals surface area contributed by atoms with Crippen LogP contribution >= 0.6 is 0 Å². The first-order chi connectivity index (χ1) is 8.38. The predicted octanol–water partition coefficient (Wildman–Crippen LogP) is 1.75. The van der Waals surface area contributed by atoms with E-state index in [1.54, 1.807) is 0 Å². The average Bonchev–Trinajstić information content (AvgIpc) is 2.87. The van der Waals surface area contributed by atoms with Gasteiger partial charge < -0.3 is 10.2 Å². The molecule has 1 aromatic rings. The molecule has 17 heavy (non-hydrogen) atoms. The molecule has 88 valence electrons. The molecule has 2 unspecified atom stereocenters. The van der Waals surface area contributed by atoms with E-state index in [4.69, 9.17) is 5.26 Å². The molecule has 3 heteroatoms. The van der Waals surface area contributed by atoms with Crippen molar-refractivity contribution in [1.82, 2.24) is 5.32 Å². The van der Waals surface area contributed by atoms with Gasteiger partial charge in [0.15, 0.2) is 0 Å². The van der Waals surface area contributed by atoms with Crippen LogP contribution in [0.25, 0.3) is 0 Å². The molecule has 0 radical (unpaired) electrons. The van der Waals surface area contributed by atoms with Crippen LogP contribution in [0.5, 0.6) is 0 Å². The van der Waals surface area contributed by atoms with E-state index in [1.807, 2.05) is 18.2 Å². The molecule has 3 nitrogen and oxygen atoms in total. The molecule has 2 saturated heterocycles. The monoisotopic (exact) mass is 227 g/mol. The molecule has 0 amide bonds. The van der Waals surface area contributed by atoms with Crippen LogP contribution < -0.4 is 10.2 Å². The highest BCUT2D eigenvalue weighted by Gasteiger charge is 2.34. The fourth-order valence-corrected chi connectivity index (χ4v) is 3.14. The van der Waals surface area contributed by atoms with Crippen LogP contribution in [0.3, 0.4) is 0 Å². The van der Waals surface area contributed by atoms with Crippen molar-refractivity contribution in [3.05, 3.63) is 29.8 Å². The summed E-state index contributed by atoms with van der Waals surface area (Å²) < 4.78 is 0. The van der Waals surface area contributed by atoms with Gasteiger partial charge in [0, 0.05) is 31.4 Å². The van der Waals surface area contributed by atoms with Crippen LogP contribution in [0, 0.1) is 17.2 Å². The predicted molar refractivity (Wildman–Crippen MR) is 67.9 cm³/mol. The van der Waals surface area contributed by atoms with Crippen LogP contribution in [0.15, 0.2) is 24.3 Å². The van der Waals surface area contributed by atoms with E-state index in [0.717, 1.165) is 31.1 Å². The highest BCUT2D eigenvalue weighted by Crippen LogP contribution is 2.31. The molecule has 0 saturated carbocycles. The van der Waals surface area contributed by atoms with Gasteiger partial charge in [0.25, 0.3) is 0 Å². The van der Waals surface area contributed by atoms with Gasteiger partial charge in [0.1, 0.15) is 0 Å². The summed E-state index contributed by atoms with van der Waals surface area (Å²) in [6.45, 7) is 3.36. The Labute approximate surface area is 102 Å². The molecule has 2 aliphatic rings. The van der Waals surface area contributed by atoms with Gasteiger partial charge in [-0.2, -0.15) is 5.26 Å². The third-order valence-electron chi connectivity index (χ3n) is 3.99. The third-order valence-corrected chi connectivity index (χ3v) is 3.99. The van der Waals surface area contributed by atoms with E-state index in [1.165, 1.54) is 18.5 Å². The second-order valence-corrected chi connectivity index (χ2v) is 4.98. The number of nitriles is 1. The van der Waals surface area contributed by atoms with Gasteiger partial charge in [-0.05, 0) is 37.0 Å². The Bertz CT molecular complexity index is 449. The summed E-state index contributed by atoms with van der Waals surface area (Å²) in [5.74, 6) is 0.787. The highest BCUT2D eigenvalue weighted by atomic mass is 15.2. The smallest absolute Gasteiger partial charge is 0.0992 e. The summed E-state index contributed by atoms with van der Waals surface area (Å²) >= 11 is 0. The van der Waals surface area contributed by atoms with Gasteiger partial charge in [-0.25, -0.2) is 0 Å². The van der Waals surface area contributed by atoms with Crippen LogP contribution in [-0.4, -0.2) is 25.7 Å². The van der Waals surface area contributed by atoms with Gasteiger partial charge in [0.05, 0.1) is 11.6 Å². The largest absolute Gasteiger partial charge is 0.367 e. The summed E-state index contributed by atoms with van der Waals surface area (Å²) in [5.41, 5.74) is 1.97. The second kappa shape index (κ2) is 4.38. The number of hydrogen-bond acceptors (Lipinski definition) is 3. The van der Waals surface area contributed by atoms with E-state index in [-0.39, 0.29) is 0 Å². The summed E-state index contributed by atoms with van der Waals surface area (Å²) in [7, 11) is 0. The quantitative estimate of drug-likeness (QED) is 0.794. The SMILES string of the molecule is N#Cc1cccc(N2CCCC3CNCC32)c1. The van der Waals surface area contributed by atoms with Gasteiger partial charge >= 0.3 is 0 Å². The zero-order chi connectivity index (χ0) is 11.7. The lowest BCUT2D eigenvalue weighted by atomic mass is 9.91. The number of fused-ring (bicyclic) bond motifs is 1. The first-order valence-corrected chi connectivity index (χ1v) is 6.36. The molecule has 0 aromatic heterocycles. The Morgan fingerprint density at radius 2 is 2.29 bits per heavy atom. The minimum absolute atomic E-state index is 0.623. The van der Waals surface area contributed by atoms with Crippen molar-refractivity contribution in [2.45, 2.75) is 18.9 Å². The lowest BCUT2D eigenvalue weighted by Crippen LogP contribution is -2.45. The number of anilines is 1. The molecular formula is C14H17N3. The van der Waals surface area contributed by atoms with Crippen LogP contribution in [0.4, 0.5) is 5.69 Å². The van der Waals surface area contributed by atoms with Crippen molar-refractivity contribution in [3.63, 3.8) is 0 Å². The number of nitrogens with zero attached hydrogens (tertiary/aromatic N) is 2. The van der Waals surface area contributed by atoms with E-state index in [2.05, 4.69) is 22.4 Å². The highest BCUT2D eigenvalue weighted by molar-refractivity contribution is 5.53. The number of nitrogens with one attached hydrogen (secondary N) is 1. The molecule has 1 N–H and O–H groups in total. The fourth-order valence-electron chi connectivity index (χ4n) is 3.14. The minimum atomic E-state index is 0.623. The van der Waals surface area contributed by atoms with Crippen molar-refractivity contribution < 1.29 is 0 Å². The first-order valence-electron chi connectivity index (χ1n) is 6.36. The Balaban J connectivity index is 1.89. The van der Waals surface area contributed by atoms with Crippen molar-refractivity contribution in [2.24, 2.45) is 5.92 Å². The van der Waals surface area contributed by atoms with Crippen LogP contribution in [0.2, 0.25) is 0 Å². The van der Waals surface area contributed by atoms with Gasteiger partial charge in [-0.3, -0.25) is 0 Å². The van der Waals surface area contributed by atoms with Crippen LogP contribution in [-0.2, 0) is 0 Å². The number of piperidine rings is 1.